The number of Topliss-reactive ketones (excluding diaryl/α,β-unsaturated/α-hetero) is 1. The van der Waals surface area contributed by atoms with E-state index in [0.29, 0.717) is 25.7 Å². The van der Waals surface area contributed by atoms with E-state index in [2.05, 4.69) is 5.32 Å². The summed E-state index contributed by atoms with van der Waals surface area (Å²) < 4.78 is 44.1. The quantitative estimate of drug-likeness (QED) is 0.729. The van der Waals surface area contributed by atoms with Gasteiger partial charge in [-0.15, -0.1) is 0 Å². The zero-order chi connectivity index (χ0) is 18.8. The lowest BCUT2D eigenvalue weighted by Gasteiger charge is -2.48. The summed E-state index contributed by atoms with van der Waals surface area (Å²) in [7, 11) is 1.25. The Morgan fingerprint density at radius 2 is 1.80 bits per heavy atom. The van der Waals surface area contributed by atoms with E-state index in [-0.39, 0.29) is 17.2 Å². The van der Waals surface area contributed by atoms with Crippen LogP contribution in [0.5, 0.6) is 0 Å². The molecule has 1 N–H and O–H groups in total. The van der Waals surface area contributed by atoms with Gasteiger partial charge in [-0.3, -0.25) is 4.79 Å². The van der Waals surface area contributed by atoms with Crippen LogP contribution in [0, 0.1) is 11.3 Å². The van der Waals surface area contributed by atoms with Crippen LogP contribution in [0.2, 0.25) is 0 Å². The number of methoxy groups -OCH3 is 1. The van der Waals surface area contributed by atoms with Gasteiger partial charge in [0, 0.05) is 16.7 Å². The Bertz CT molecular complexity index is 560. The van der Waals surface area contributed by atoms with Crippen LogP contribution in [0.4, 0.5) is 13.2 Å². The molecule has 0 saturated heterocycles. The number of halogens is 3. The molecule has 4 nitrogen and oxygen atoms in total. The molecule has 2 rings (SSSR count). The lowest BCUT2D eigenvalue weighted by molar-refractivity contribution is -0.169. The molecule has 0 amide bonds. The Labute approximate surface area is 146 Å². The fourth-order valence-electron chi connectivity index (χ4n) is 4.06. The lowest BCUT2D eigenvalue weighted by Crippen LogP contribution is -2.50. The fraction of sp³-hybridized carbons (Fsp3) is 0.778. The second-order valence-electron chi connectivity index (χ2n) is 7.55. The van der Waals surface area contributed by atoms with Crippen LogP contribution in [0.3, 0.4) is 0 Å². The molecule has 0 aromatic rings. The number of ether oxygens (including phenoxy) is 1. The Kier molecular flexibility index (Phi) is 5.84. The average Bonchev–Trinajstić information content (AvgIpc) is 2.52. The fourth-order valence-corrected chi connectivity index (χ4v) is 4.06. The molecule has 0 aromatic heterocycles. The molecule has 0 aromatic carbocycles. The number of hydrogen-bond donors (Lipinski definition) is 1. The molecule has 1 spiro atoms. The first-order valence-electron chi connectivity index (χ1n) is 8.80. The number of alkyl halides is 3. The number of carbonyl (C=O) groups is 2. The van der Waals surface area contributed by atoms with Gasteiger partial charge >= 0.3 is 12.1 Å². The Hall–Kier alpha value is -1.53. The molecule has 1 atom stereocenters. The number of ketones is 1. The first kappa shape index (κ1) is 19.8. The van der Waals surface area contributed by atoms with E-state index < -0.39 is 29.4 Å². The molecule has 142 valence electrons. The van der Waals surface area contributed by atoms with Gasteiger partial charge in [0.15, 0.2) is 0 Å². The standard InChI is InChI=1S/C18H26F3NO3/c1-11(2)9-12(16(24)25-3)22-13-10-17(7-5-4-6-8-17)14(13)15(23)18(19,20)21/h11-12,22H,4-10H2,1-3H3. The second kappa shape index (κ2) is 7.38. The first-order valence-corrected chi connectivity index (χ1v) is 8.80. The van der Waals surface area contributed by atoms with Gasteiger partial charge in [-0.05, 0) is 31.6 Å². The van der Waals surface area contributed by atoms with E-state index in [9.17, 15) is 22.8 Å². The molecule has 2 aliphatic carbocycles. The predicted molar refractivity (Wildman–Crippen MR) is 86.6 cm³/mol. The minimum absolute atomic E-state index is 0.155. The van der Waals surface area contributed by atoms with Crippen molar-refractivity contribution in [3.05, 3.63) is 11.3 Å². The summed E-state index contributed by atoms with van der Waals surface area (Å²) >= 11 is 0. The minimum atomic E-state index is -4.90. The monoisotopic (exact) mass is 361 g/mol. The average molecular weight is 361 g/mol. The number of hydrogen-bond acceptors (Lipinski definition) is 4. The van der Waals surface area contributed by atoms with E-state index in [0.717, 1.165) is 19.3 Å². The molecule has 1 fully saturated rings. The van der Waals surface area contributed by atoms with E-state index in [1.807, 2.05) is 13.8 Å². The molecular weight excluding hydrogens is 335 g/mol. The van der Waals surface area contributed by atoms with Crippen molar-refractivity contribution in [1.82, 2.24) is 5.32 Å². The van der Waals surface area contributed by atoms with Crippen LogP contribution in [0.25, 0.3) is 0 Å². The molecule has 7 heteroatoms. The summed E-state index contributed by atoms with van der Waals surface area (Å²) in [4.78, 5) is 24.0. The Balaban J connectivity index is 2.32. The molecular formula is C18H26F3NO3. The maximum Gasteiger partial charge on any atom is 0.454 e. The highest BCUT2D eigenvalue weighted by molar-refractivity contribution is 6.03. The predicted octanol–water partition coefficient (Wildman–Crippen LogP) is 3.90. The van der Waals surface area contributed by atoms with Crippen molar-refractivity contribution in [2.45, 2.75) is 71.0 Å². The van der Waals surface area contributed by atoms with Crippen molar-refractivity contribution < 1.29 is 27.5 Å². The SMILES string of the molecule is COC(=O)C(CC(C)C)NC1=C(C(=O)C(F)(F)F)C2(CCCCC2)C1. The van der Waals surface area contributed by atoms with Crippen LogP contribution in [-0.2, 0) is 14.3 Å². The van der Waals surface area contributed by atoms with E-state index in [1.54, 1.807) is 0 Å². The summed E-state index contributed by atoms with van der Waals surface area (Å²) in [5, 5.41) is 2.89. The van der Waals surface area contributed by atoms with E-state index in [4.69, 9.17) is 4.74 Å². The van der Waals surface area contributed by atoms with Crippen molar-refractivity contribution in [1.29, 1.82) is 0 Å². The van der Waals surface area contributed by atoms with Gasteiger partial charge in [0.1, 0.15) is 6.04 Å². The molecule has 0 aliphatic heterocycles. The van der Waals surface area contributed by atoms with Crippen molar-refractivity contribution in [2.24, 2.45) is 11.3 Å². The third-order valence-electron chi connectivity index (χ3n) is 5.18. The molecule has 1 unspecified atom stereocenters. The van der Waals surface area contributed by atoms with Gasteiger partial charge < -0.3 is 10.1 Å². The Morgan fingerprint density at radius 1 is 1.20 bits per heavy atom. The zero-order valence-electron chi connectivity index (χ0n) is 15.0. The molecule has 0 bridgehead atoms. The number of esters is 1. The van der Waals surface area contributed by atoms with Crippen molar-refractivity contribution in [2.75, 3.05) is 7.11 Å². The van der Waals surface area contributed by atoms with Crippen molar-refractivity contribution in [3.8, 4) is 0 Å². The van der Waals surface area contributed by atoms with E-state index in [1.165, 1.54) is 7.11 Å². The van der Waals surface area contributed by atoms with Gasteiger partial charge in [-0.25, -0.2) is 4.79 Å². The maximum atomic E-state index is 13.1. The van der Waals surface area contributed by atoms with Crippen LogP contribution >= 0.6 is 0 Å². The normalized spacial score (nSPS) is 21.1. The topological polar surface area (TPSA) is 55.4 Å². The Morgan fingerprint density at radius 3 is 2.28 bits per heavy atom. The number of nitrogens with one attached hydrogen (secondary N) is 1. The highest BCUT2D eigenvalue weighted by Gasteiger charge is 2.55. The third-order valence-corrected chi connectivity index (χ3v) is 5.18. The zero-order valence-corrected chi connectivity index (χ0v) is 15.0. The lowest BCUT2D eigenvalue weighted by atomic mass is 9.57. The van der Waals surface area contributed by atoms with Gasteiger partial charge in [0.05, 0.1) is 7.11 Å². The van der Waals surface area contributed by atoms with Crippen LogP contribution in [0.1, 0.15) is 58.8 Å². The molecule has 0 radical (unpaired) electrons. The minimum Gasteiger partial charge on any atom is -0.467 e. The van der Waals surface area contributed by atoms with Crippen molar-refractivity contribution >= 4 is 11.8 Å². The summed E-state index contributed by atoms with van der Waals surface area (Å²) in [5.41, 5.74) is -0.566. The summed E-state index contributed by atoms with van der Waals surface area (Å²) in [5.74, 6) is -2.14. The maximum absolute atomic E-state index is 13.1. The molecule has 0 heterocycles. The number of carbonyl (C=O) groups excluding carboxylic acids is 2. The summed E-state index contributed by atoms with van der Waals surface area (Å²) in [6.07, 6.45) is -0.234. The molecule has 25 heavy (non-hydrogen) atoms. The smallest absolute Gasteiger partial charge is 0.454 e. The van der Waals surface area contributed by atoms with Crippen LogP contribution in [0.15, 0.2) is 11.3 Å². The highest BCUT2D eigenvalue weighted by Crippen LogP contribution is 2.56. The number of rotatable bonds is 6. The van der Waals surface area contributed by atoms with Crippen LogP contribution < -0.4 is 5.32 Å². The van der Waals surface area contributed by atoms with Crippen LogP contribution in [-0.4, -0.2) is 31.1 Å². The third kappa shape index (κ3) is 4.18. The molecule has 2 aliphatic rings. The van der Waals surface area contributed by atoms with Gasteiger partial charge in [-0.2, -0.15) is 13.2 Å². The second-order valence-corrected chi connectivity index (χ2v) is 7.55. The van der Waals surface area contributed by atoms with Crippen molar-refractivity contribution in [3.63, 3.8) is 0 Å². The largest absolute Gasteiger partial charge is 0.467 e. The molecule has 1 saturated carbocycles. The van der Waals surface area contributed by atoms with Gasteiger partial charge in [-0.1, -0.05) is 33.1 Å². The van der Waals surface area contributed by atoms with E-state index >= 15 is 0 Å². The highest BCUT2D eigenvalue weighted by atomic mass is 19.4. The van der Waals surface area contributed by atoms with Gasteiger partial charge in [0.25, 0.3) is 5.78 Å². The summed E-state index contributed by atoms with van der Waals surface area (Å²) in [6.45, 7) is 3.83. The van der Waals surface area contributed by atoms with Gasteiger partial charge in [0.2, 0.25) is 0 Å². The number of allylic oxidation sites excluding steroid dienone is 2. The first-order chi connectivity index (χ1) is 11.6. The summed E-state index contributed by atoms with van der Waals surface area (Å²) in [6, 6.07) is -0.739.